The van der Waals surface area contributed by atoms with Crippen LogP contribution >= 0.6 is 11.6 Å². The molecule has 186 valence electrons. The van der Waals surface area contributed by atoms with E-state index in [-0.39, 0.29) is 49.9 Å². The van der Waals surface area contributed by atoms with Gasteiger partial charge in [-0.2, -0.15) is 5.10 Å². The van der Waals surface area contributed by atoms with Crippen LogP contribution in [0.3, 0.4) is 0 Å². The number of aromatic nitrogens is 4. The third kappa shape index (κ3) is 4.29. The van der Waals surface area contributed by atoms with E-state index in [4.69, 9.17) is 21.1 Å². The van der Waals surface area contributed by atoms with Gasteiger partial charge in [-0.25, -0.2) is 13.2 Å². The zero-order chi connectivity index (χ0) is 25.4. The predicted octanol–water partition coefficient (Wildman–Crippen LogP) is 4.08. The van der Waals surface area contributed by atoms with E-state index >= 15 is 13.2 Å². The second kappa shape index (κ2) is 9.84. The molecule has 1 saturated heterocycles. The summed E-state index contributed by atoms with van der Waals surface area (Å²) in [6.07, 6.45) is -0.250. The standard InChI is InChI=1S/C24H19ClF3N5O3/c1-35-20-3-2-18(30-31-20)24(34)13-8-12(16(26)9-15(13)25)14-11-29-32-23-21(14)17(27)10-19(22(23)28)33-4-6-36-7-5-33/h2-3,8-11,24,34H,4-7H2,1H3. The van der Waals surface area contributed by atoms with Crippen molar-refractivity contribution in [3.05, 3.63) is 70.3 Å². The van der Waals surface area contributed by atoms with Crippen LogP contribution < -0.4 is 9.64 Å². The van der Waals surface area contributed by atoms with E-state index < -0.39 is 23.6 Å². The van der Waals surface area contributed by atoms with Crippen molar-refractivity contribution in [2.75, 3.05) is 38.3 Å². The number of hydrogen-bond acceptors (Lipinski definition) is 8. The molecule has 0 aliphatic carbocycles. The zero-order valence-corrected chi connectivity index (χ0v) is 19.6. The molecule has 1 fully saturated rings. The summed E-state index contributed by atoms with van der Waals surface area (Å²) in [5, 5.41) is 25.8. The average molecular weight is 518 g/mol. The highest BCUT2D eigenvalue weighted by atomic mass is 35.5. The number of fused-ring (bicyclic) bond motifs is 1. The summed E-state index contributed by atoms with van der Waals surface area (Å²) in [5.74, 6) is -2.15. The first-order valence-corrected chi connectivity index (χ1v) is 11.3. The number of ether oxygens (including phenoxy) is 2. The molecular formula is C24H19ClF3N5O3. The fourth-order valence-corrected chi connectivity index (χ4v) is 4.38. The van der Waals surface area contributed by atoms with Gasteiger partial charge in [0.2, 0.25) is 5.88 Å². The molecule has 1 aliphatic heterocycles. The van der Waals surface area contributed by atoms with Crippen LogP contribution in [-0.4, -0.2) is 58.9 Å². The number of morpholine rings is 1. The van der Waals surface area contributed by atoms with Crippen molar-refractivity contribution in [2.24, 2.45) is 0 Å². The maximum absolute atomic E-state index is 15.5. The van der Waals surface area contributed by atoms with E-state index in [9.17, 15) is 5.11 Å². The molecule has 1 unspecified atom stereocenters. The van der Waals surface area contributed by atoms with E-state index in [1.165, 1.54) is 25.3 Å². The molecular weight excluding hydrogens is 499 g/mol. The first-order valence-electron chi connectivity index (χ1n) is 10.9. The zero-order valence-electron chi connectivity index (χ0n) is 18.9. The Kier molecular flexibility index (Phi) is 6.61. The largest absolute Gasteiger partial charge is 0.480 e. The van der Waals surface area contributed by atoms with Crippen LogP contribution in [0.1, 0.15) is 17.4 Å². The van der Waals surface area contributed by atoms with Gasteiger partial charge in [-0.3, -0.25) is 0 Å². The molecule has 1 atom stereocenters. The van der Waals surface area contributed by atoms with Gasteiger partial charge in [-0.1, -0.05) is 11.6 Å². The highest BCUT2D eigenvalue weighted by Crippen LogP contribution is 2.39. The third-order valence-corrected chi connectivity index (χ3v) is 6.29. The van der Waals surface area contributed by atoms with Gasteiger partial charge in [0.25, 0.3) is 0 Å². The van der Waals surface area contributed by atoms with E-state index in [2.05, 4.69) is 20.4 Å². The Morgan fingerprint density at radius 2 is 1.81 bits per heavy atom. The molecule has 1 aliphatic rings. The second-order valence-electron chi connectivity index (χ2n) is 8.03. The molecule has 0 bridgehead atoms. The number of methoxy groups -OCH3 is 1. The summed E-state index contributed by atoms with van der Waals surface area (Å²) in [7, 11) is 1.42. The van der Waals surface area contributed by atoms with Crippen molar-refractivity contribution >= 4 is 28.2 Å². The van der Waals surface area contributed by atoms with E-state index in [1.807, 2.05) is 0 Å². The van der Waals surface area contributed by atoms with Gasteiger partial charge in [-0.15, -0.1) is 15.3 Å². The van der Waals surface area contributed by atoms with Crippen molar-refractivity contribution in [1.29, 1.82) is 0 Å². The van der Waals surface area contributed by atoms with Gasteiger partial charge >= 0.3 is 0 Å². The SMILES string of the molecule is COc1ccc(C(O)c2cc(-c3cnnc4c(F)c(N5CCOCC5)cc(F)c34)c(F)cc2Cl)nn1. The molecule has 0 amide bonds. The fourth-order valence-electron chi connectivity index (χ4n) is 4.12. The van der Waals surface area contributed by atoms with Crippen molar-refractivity contribution in [3.8, 4) is 17.0 Å². The van der Waals surface area contributed by atoms with Gasteiger partial charge < -0.3 is 19.5 Å². The van der Waals surface area contributed by atoms with Crippen molar-refractivity contribution < 1.29 is 27.8 Å². The number of rotatable bonds is 5. The molecule has 36 heavy (non-hydrogen) atoms. The van der Waals surface area contributed by atoms with Gasteiger partial charge in [0, 0.05) is 46.9 Å². The monoisotopic (exact) mass is 517 g/mol. The minimum Gasteiger partial charge on any atom is -0.480 e. The van der Waals surface area contributed by atoms with E-state index in [0.717, 1.165) is 18.3 Å². The molecule has 5 rings (SSSR count). The molecule has 2 aromatic heterocycles. The van der Waals surface area contributed by atoms with Crippen LogP contribution in [0.25, 0.3) is 22.0 Å². The van der Waals surface area contributed by atoms with E-state index in [1.54, 1.807) is 4.90 Å². The highest BCUT2D eigenvalue weighted by Gasteiger charge is 2.25. The van der Waals surface area contributed by atoms with Gasteiger partial charge in [-0.05, 0) is 18.2 Å². The third-order valence-electron chi connectivity index (χ3n) is 5.96. The minimum absolute atomic E-state index is 0.0283. The number of benzene rings is 2. The number of nitrogens with zero attached hydrogens (tertiary/aromatic N) is 5. The molecule has 0 spiro atoms. The predicted molar refractivity (Wildman–Crippen MR) is 126 cm³/mol. The van der Waals surface area contributed by atoms with Crippen LogP contribution in [0.15, 0.2) is 36.5 Å². The molecule has 2 aromatic carbocycles. The number of halogens is 4. The smallest absolute Gasteiger partial charge is 0.233 e. The van der Waals surface area contributed by atoms with Crippen LogP contribution in [-0.2, 0) is 4.74 Å². The minimum atomic E-state index is -1.38. The molecule has 8 nitrogen and oxygen atoms in total. The van der Waals surface area contributed by atoms with Crippen LogP contribution in [0.4, 0.5) is 18.9 Å². The van der Waals surface area contributed by atoms with Gasteiger partial charge in [0.05, 0.1) is 43.3 Å². The van der Waals surface area contributed by atoms with Crippen molar-refractivity contribution in [1.82, 2.24) is 20.4 Å². The summed E-state index contributed by atoms with van der Waals surface area (Å²) < 4.78 is 56.2. The highest BCUT2D eigenvalue weighted by molar-refractivity contribution is 6.31. The molecule has 0 radical (unpaired) electrons. The van der Waals surface area contributed by atoms with Crippen molar-refractivity contribution in [3.63, 3.8) is 0 Å². The number of aliphatic hydroxyl groups excluding tert-OH is 1. The average Bonchev–Trinajstić information content (AvgIpc) is 2.90. The molecule has 0 saturated carbocycles. The molecule has 1 N–H and O–H groups in total. The number of anilines is 1. The molecule has 3 heterocycles. The summed E-state index contributed by atoms with van der Waals surface area (Å²) in [6, 6.07) is 6.26. The normalized spacial score (nSPS) is 14.8. The Hall–Kier alpha value is -3.54. The Labute approximate surface area is 208 Å². The first-order chi connectivity index (χ1) is 17.4. The maximum Gasteiger partial charge on any atom is 0.233 e. The first kappa shape index (κ1) is 24.2. The lowest BCUT2D eigenvalue weighted by molar-refractivity contribution is 0.122. The Morgan fingerprint density at radius 1 is 1.03 bits per heavy atom. The number of aliphatic hydroxyl groups is 1. The molecule has 4 aromatic rings. The summed E-state index contributed by atoms with van der Waals surface area (Å²) in [6.45, 7) is 1.53. The molecule has 12 heteroatoms. The van der Waals surface area contributed by atoms with Crippen LogP contribution in [0, 0.1) is 17.5 Å². The van der Waals surface area contributed by atoms with Gasteiger partial charge in [0.1, 0.15) is 23.3 Å². The summed E-state index contributed by atoms with van der Waals surface area (Å²) >= 11 is 6.22. The Bertz CT molecular complexity index is 1440. The quantitative estimate of drug-likeness (QED) is 0.423. The number of hydrogen-bond donors (Lipinski definition) is 1. The van der Waals surface area contributed by atoms with Crippen molar-refractivity contribution in [2.45, 2.75) is 6.10 Å². The summed E-state index contributed by atoms with van der Waals surface area (Å²) in [4.78, 5) is 1.66. The second-order valence-corrected chi connectivity index (χ2v) is 8.44. The van der Waals surface area contributed by atoms with Crippen LogP contribution in [0.5, 0.6) is 5.88 Å². The Balaban J connectivity index is 1.63. The van der Waals surface area contributed by atoms with Crippen LogP contribution in [0.2, 0.25) is 5.02 Å². The lowest BCUT2D eigenvalue weighted by Crippen LogP contribution is -2.36. The lowest BCUT2D eigenvalue weighted by Gasteiger charge is -2.29. The summed E-state index contributed by atoms with van der Waals surface area (Å²) in [5.41, 5.74) is -0.295. The maximum atomic E-state index is 15.5. The van der Waals surface area contributed by atoms with Gasteiger partial charge in [0.15, 0.2) is 5.82 Å². The fraction of sp³-hybridized carbons (Fsp3) is 0.250. The van der Waals surface area contributed by atoms with E-state index in [0.29, 0.717) is 26.3 Å². The lowest BCUT2D eigenvalue weighted by atomic mass is 9.96. The topological polar surface area (TPSA) is 93.5 Å². The Morgan fingerprint density at radius 3 is 2.50 bits per heavy atom.